The van der Waals surface area contributed by atoms with Crippen molar-refractivity contribution in [3.05, 3.63) is 114 Å². The first-order chi connectivity index (χ1) is 20.1. The van der Waals surface area contributed by atoms with E-state index in [-0.39, 0.29) is 33.5 Å². The maximum absolute atomic E-state index is 13.4. The molecule has 0 aliphatic carbocycles. The topological polar surface area (TPSA) is 262 Å². The molecule has 0 aliphatic heterocycles. The van der Waals surface area contributed by atoms with Gasteiger partial charge in [-0.25, -0.2) is 10.4 Å². The van der Waals surface area contributed by atoms with E-state index >= 15 is 0 Å². The molecule has 2 amide bonds. The zero-order valence-electron chi connectivity index (χ0n) is 20.8. The molecule has 4 aromatic rings. The largest absolute Gasteiger partial charge is 0.319 e. The van der Waals surface area contributed by atoms with Crippen LogP contribution < -0.4 is 10.7 Å². The summed E-state index contributed by atoms with van der Waals surface area (Å²) in [6.07, 6.45) is 3.56. The van der Waals surface area contributed by atoms with Gasteiger partial charge in [0.15, 0.2) is 0 Å². The van der Waals surface area contributed by atoms with E-state index in [1.807, 2.05) is 5.43 Å². The fourth-order valence-electron chi connectivity index (χ4n) is 3.56. The quantitative estimate of drug-likeness (QED) is 0.167. The Balaban J connectivity index is 1.80. The molecular formula is C24H14N10O8. The Hall–Kier alpha value is -6.77. The first-order valence-corrected chi connectivity index (χ1v) is 11.4. The molecule has 0 radical (unpaired) electrons. The number of carbonyl (C=O) groups is 2. The average molecular weight is 570 g/mol. The molecule has 4 rings (SSSR count). The van der Waals surface area contributed by atoms with Crippen LogP contribution in [-0.2, 0) is 4.79 Å². The summed E-state index contributed by atoms with van der Waals surface area (Å²) in [7, 11) is 0. The van der Waals surface area contributed by atoms with Crippen molar-refractivity contribution in [2.45, 2.75) is 6.04 Å². The number of fused-ring (bicyclic) bond motifs is 1. The molecule has 0 saturated carbocycles. The molecule has 0 aliphatic rings. The Kier molecular flexibility index (Phi) is 8.04. The smallest absolute Gasteiger partial charge is 0.304 e. The number of hydrogen-bond acceptors (Lipinski definition) is 13. The van der Waals surface area contributed by atoms with E-state index in [0.717, 1.165) is 36.5 Å². The number of hydrogen-bond donors (Lipinski definition) is 2. The van der Waals surface area contributed by atoms with Crippen molar-refractivity contribution in [1.82, 2.24) is 20.4 Å². The van der Waals surface area contributed by atoms with Crippen molar-refractivity contribution < 1.29 is 24.4 Å². The first-order valence-electron chi connectivity index (χ1n) is 11.4. The predicted octanol–water partition coefficient (Wildman–Crippen LogP) is 2.46. The van der Waals surface area contributed by atoms with Gasteiger partial charge in [-0.3, -0.25) is 49.9 Å². The number of hydrazone groups is 1. The lowest BCUT2D eigenvalue weighted by atomic mass is 10.1. The minimum atomic E-state index is -2.18. The van der Waals surface area contributed by atoms with Crippen LogP contribution in [0.25, 0.3) is 11.0 Å². The van der Waals surface area contributed by atoms with Crippen LogP contribution in [0.5, 0.6) is 0 Å². The number of aromatic nitrogens is 3. The molecule has 2 N–H and O–H groups in total. The fraction of sp³-hybridized carbons (Fsp3) is 0.0417. The third-order valence-corrected chi connectivity index (χ3v) is 5.54. The zero-order valence-corrected chi connectivity index (χ0v) is 20.8. The van der Waals surface area contributed by atoms with Crippen LogP contribution in [0.15, 0.2) is 72.2 Å². The van der Waals surface area contributed by atoms with Gasteiger partial charge >= 0.3 is 6.04 Å². The summed E-state index contributed by atoms with van der Waals surface area (Å²) in [5, 5.41) is 49.9. The molecule has 42 heavy (non-hydrogen) atoms. The summed E-state index contributed by atoms with van der Waals surface area (Å²) in [6.45, 7) is 0. The van der Waals surface area contributed by atoms with E-state index in [2.05, 4.69) is 25.4 Å². The molecule has 208 valence electrons. The first kappa shape index (κ1) is 28.2. The Bertz CT molecular complexity index is 1840. The van der Waals surface area contributed by atoms with E-state index in [0.29, 0.717) is 0 Å². The molecule has 1 unspecified atom stereocenters. The number of nitrogens with zero attached hydrogens (tertiary/aromatic N) is 8. The van der Waals surface area contributed by atoms with Crippen molar-refractivity contribution in [1.29, 1.82) is 5.26 Å². The molecule has 1 atom stereocenters. The van der Waals surface area contributed by atoms with E-state index in [9.17, 15) is 45.2 Å². The lowest BCUT2D eigenvalue weighted by Crippen LogP contribution is -2.36. The number of nitro benzene ring substituents is 2. The highest BCUT2D eigenvalue weighted by Gasteiger charge is 2.37. The number of nitriles is 1. The monoisotopic (exact) mass is 570 g/mol. The Morgan fingerprint density at radius 2 is 1.60 bits per heavy atom. The maximum Gasteiger partial charge on any atom is 0.304 e. The summed E-state index contributed by atoms with van der Waals surface area (Å²) >= 11 is 0. The number of pyridine rings is 1. The minimum Gasteiger partial charge on any atom is -0.319 e. The van der Waals surface area contributed by atoms with Crippen molar-refractivity contribution in [3.8, 4) is 6.07 Å². The average Bonchev–Trinajstić information content (AvgIpc) is 2.98. The second kappa shape index (κ2) is 12.0. The Labute approximate surface area is 232 Å². The summed E-state index contributed by atoms with van der Waals surface area (Å²) in [4.78, 5) is 70.0. The standard InChI is InChI=1S/C24H14N10O8/c25-11-14-9-15(32(37)38)1-3-17(14)29-24(36)21(30-31-23(35)13-5-7-26-8-6-13)22(34(41)42)20-12-27-18-4-2-16(33(39)40)10-19(18)28-20/h1-10,12,22H,(H,29,36)(H,31,35)/b30-21-. The van der Waals surface area contributed by atoms with E-state index in [1.54, 1.807) is 6.07 Å². The number of benzene rings is 2. The molecule has 2 heterocycles. The Morgan fingerprint density at radius 1 is 0.929 bits per heavy atom. The van der Waals surface area contributed by atoms with Crippen LogP contribution in [0.1, 0.15) is 27.7 Å². The fourth-order valence-corrected chi connectivity index (χ4v) is 3.56. The van der Waals surface area contributed by atoms with Crippen LogP contribution >= 0.6 is 0 Å². The summed E-state index contributed by atoms with van der Waals surface area (Å²) in [5.41, 5.74) is -0.651. The number of rotatable bonds is 9. The molecule has 2 aromatic carbocycles. The third kappa shape index (κ3) is 6.10. The van der Waals surface area contributed by atoms with Gasteiger partial charge in [-0.2, -0.15) is 10.4 Å². The molecule has 0 fully saturated rings. The molecule has 0 spiro atoms. The predicted molar refractivity (Wildman–Crippen MR) is 142 cm³/mol. The van der Waals surface area contributed by atoms with Gasteiger partial charge < -0.3 is 5.32 Å². The Morgan fingerprint density at radius 3 is 2.24 bits per heavy atom. The maximum atomic E-state index is 13.4. The number of nitrogens with one attached hydrogen (secondary N) is 2. The van der Waals surface area contributed by atoms with Crippen molar-refractivity contribution >= 4 is 45.6 Å². The highest BCUT2D eigenvalue weighted by molar-refractivity contribution is 6.44. The van der Waals surface area contributed by atoms with E-state index in [4.69, 9.17) is 0 Å². The second-order valence-corrected chi connectivity index (χ2v) is 8.14. The zero-order chi connectivity index (χ0) is 30.4. The van der Waals surface area contributed by atoms with Gasteiger partial charge in [-0.1, -0.05) is 0 Å². The summed E-state index contributed by atoms with van der Waals surface area (Å²) in [6, 6.07) is 8.50. The van der Waals surface area contributed by atoms with Crippen LogP contribution in [-0.4, -0.2) is 47.2 Å². The van der Waals surface area contributed by atoms with Gasteiger partial charge in [0.25, 0.3) is 23.2 Å². The minimum absolute atomic E-state index is 0.0473. The molecule has 2 aromatic heterocycles. The number of amides is 2. The number of nitro groups is 3. The van der Waals surface area contributed by atoms with Crippen LogP contribution in [0.3, 0.4) is 0 Å². The van der Waals surface area contributed by atoms with Gasteiger partial charge in [0.2, 0.25) is 5.71 Å². The van der Waals surface area contributed by atoms with E-state index < -0.39 is 49.7 Å². The van der Waals surface area contributed by atoms with Crippen LogP contribution in [0.4, 0.5) is 17.1 Å². The highest BCUT2D eigenvalue weighted by atomic mass is 16.6. The summed E-state index contributed by atoms with van der Waals surface area (Å²) < 4.78 is 0. The number of carbonyl (C=O) groups excluding carboxylic acids is 2. The van der Waals surface area contributed by atoms with Crippen LogP contribution in [0, 0.1) is 41.7 Å². The number of non-ortho nitro benzene ring substituents is 2. The molecular weight excluding hydrogens is 556 g/mol. The SMILES string of the molecule is N#Cc1cc([N+](=O)[O-])ccc1NC(=O)/C(=N\NC(=O)c1ccncc1)C(c1cnc2ccc([N+](=O)[O-])cc2n1)[N+](=O)[O-]. The van der Waals surface area contributed by atoms with Crippen LogP contribution in [0.2, 0.25) is 0 Å². The second-order valence-electron chi connectivity index (χ2n) is 8.14. The van der Waals surface area contributed by atoms with Gasteiger partial charge in [-0.05, 0) is 24.3 Å². The molecule has 0 saturated heterocycles. The van der Waals surface area contributed by atoms with Gasteiger partial charge in [-0.15, -0.1) is 0 Å². The van der Waals surface area contributed by atoms with E-state index in [1.165, 1.54) is 30.6 Å². The lowest BCUT2D eigenvalue weighted by molar-refractivity contribution is -0.509. The molecule has 0 bridgehead atoms. The van der Waals surface area contributed by atoms with Crippen molar-refractivity contribution in [2.75, 3.05) is 5.32 Å². The van der Waals surface area contributed by atoms with Gasteiger partial charge in [0.1, 0.15) is 11.8 Å². The summed E-state index contributed by atoms with van der Waals surface area (Å²) in [5.74, 6) is -2.14. The molecule has 18 nitrogen and oxygen atoms in total. The lowest BCUT2D eigenvalue weighted by Gasteiger charge is -2.13. The van der Waals surface area contributed by atoms with Gasteiger partial charge in [0, 0.05) is 47.1 Å². The molecule has 18 heteroatoms. The van der Waals surface area contributed by atoms with Crippen molar-refractivity contribution in [3.63, 3.8) is 0 Å². The van der Waals surface area contributed by atoms with Crippen molar-refractivity contribution in [2.24, 2.45) is 5.10 Å². The third-order valence-electron chi connectivity index (χ3n) is 5.54. The van der Waals surface area contributed by atoms with Gasteiger partial charge in [0.05, 0.1) is 38.3 Å². The normalized spacial score (nSPS) is 11.6. The highest BCUT2D eigenvalue weighted by Crippen LogP contribution is 2.25. The number of anilines is 1.